The van der Waals surface area contributed by atoms with Gasteiger partial charge < -0.3 is 19.4 Å². The quantitative estimate of drug-likeness (QED) is 0.625. The van der Waals surface area contributed by atoms with Gasteiger partial charge in [0.1, 0.15) is 0 Å². The first-order chi connectivity index (χ1) is 9.70. The highest BCUT2D eigenvalue weighted by Crippen LogP contribution is 2.08. The maximum Gasteiger partial charge on any atom is 0.330 e. The first-order valence-corrected chi connectivity index (χ1v) is 6.48. The lowest BCUT2D eigenvalue weighted by Gasteiger charge is -2.26. The first kappa shape index (κ1) is 14.3. The minimum absolute atomic E-state index is 0.250. The SMILES string of the molecule is CCOC(=O)/C=C/c1c[nH]c(=O)c(N2CCOCC2)n1. The average molecular weight is 279 g/mol. The Kier molecular flexibility index (Phi) is 4.89. The number of esters is 1. The zero-order chi connectivity index (χ0) is 14.4. The van der Waals surface area contributed by atoms with Crippen LogP contribution in [0.3, 0.4) is 0 Å². The summed E-state index contributed by atoms with van der Waals surface area (Å²) in [6.07, 6.45) is 4.26. The predicted molar refractivity (Wildman–Crippen MR) is 73.6 cm³/mol. The smallest absolute Gasteiger partial charge is 0.330 e. The van der Waals surface area contributed by atoms with Gasteiger partial charge in [0, 0.05) is 25.4 Å². The molecular formula is C13H17N3O4. The van der Waals surface area contributed by atoms with Crippen LogP contribution >= 0.6 is 0 Å². The summed E-state index contributed by atoms with van der Waals surface area (Å²) in [5.41, 5.74) is 0.249. The Hall–Kier alpha value is -2.15. The Morgan fingerprint density at radius 3 is 3.00 bits per heavy atom. The summed E-state index contributed by atoms with van der Waals surface area (Å²) in [6.45, 7) is 4.46. The first-order valence-electron chi connectivity index (χ1n) is 6.48. The highest BCUT2D eigenvalue weighted by molar-refractivity contribution is 5.86. The van der Waals surface area contributed by atoms with Crippen LogP contribution < -0.4 is 10.5 Å². The number of aromatic nitrogens is 2. The van der Waals surface area contributed by atoms with Gasteiger partial charge in [-0.05, 0) is 13.0 Å². The molecule has 0 spiro atoms. The topological polar surface area (TPSA) is 84.5 Å². The van der Waals surface area contributed by atoms with E-state index in [1.54, 1.807) is 6.92 Å². The highest BCUT2D eigenvalue weighted by atomic mass is 16.5. The standard InChI is InChI=1S/C13H17N3O4/c1-2-20-11(17)4-3-10-9-14-13(18)12(15-10)16-5-7-19-8-6-16/h3-4,9H,2,5-8H2,1H3,(H,14,18)/b4-3+. The molecule has 0 atom stereocenters. The van der Waals surface area contributed by atoms with Crippen molar-refractivity contribution in [3.63, 3.8) is 0 Å². The van der Waals surface area contributed by atoms with Crippen LogP contribution in [-0.4, -0.2) is 48.8 Å². The van der Waals surface area contributed by atoms with E-state index in [0.29, 0.717) is 44.4 Å². The van der Waals surface area contributed by atoms with Gasteiger partial charge in [0.2, 0.25) is 0 Å². The monoisotopic (exact) mass is 279 g/mol. The number of rotatable bonds is 4. The van der Waals surface area contributed by atoms with Crippen molar-refractivity contribution in [3.05, 3.63) is 28.3 Å². The van der Waals surface area contributed by atoms with E-state index in [4.69, 9.17) is 9.47 Å². The Morgan fingerprint density at radius 1 is 1.55 bits per heavy atom. The van der Waals surface area contributed by atoms with Crippen molar-refractivity contribution in [1.82, 2.24) is 9.97 Å². The number of anilines is 1. The second kappa shape index (κ2) is 6.85. The molecule has 1 aromatic rings. The average Bonchev–Trinajstić information content (AvgIpc) is 2.47. The zero-order valence-electron chi connectivity index (χ0n) is 11.3. The molecule has 0 amide bonds. The minimum Gasteiger partial charge on any atom is -0.463 e. The van der Waals surface area contributed by atoms with Gasteiger partial charge in [-0.3, -0.25) is 4.79 Å². The number of carbonyl (C=O) groups is 1. The number of aromatic amines is 1. The van der Waals surface area contributed by atoms with Gasteiger partial charge in [-0.2, -0.15) is 0 Å². The Bertz CT molecular complexity index is 547. The minimum atomic E-state index is -0.437. The normalized spacial score (nSPS) is 15.6. The van der Waals surface area contributed by atoms with E-state index in [-0.39, 0.29) is 5.56 Å². The zero-order valence-corrected chi connectivity index (χ0v) is 11.3. The summed E-state index contributed by atoms with van der Waals surface area (Å²) < 4.78 is 10.0. The predicted octanol–water partition coefficient (Wildman–Crippen LogP) is 0.183. The van der Waals surface area contributed by atoms with Crippen molar-refractivity contribution >= 4 is 17.9 Å². The molecule has 0 aromatic carbocycles. The number of morpholine rings is 1. The van der Waals surface area contributed by atoms with Crippen LogP contribution in [0, 0.1) is 0 Å². The number of hydrogen-bond donors (Lipinski definition) is 1. The molecule has 0 bridgehead atoms. The lowest BCUT2D eigenvalue weighted by molar-refractivity contribution is -0.137. The van der Waals surface area contributed by atoms with Crippen molar-refractivity contribution in [2.45, 2.75) is 6.92 Å². The van der Waals surface area contributed by atoms with Crippen LogP contribution in [0.25, 0.3) is 6.08 Å². The van der Waals surface area contributed by atoms with Crippen molar-refractivity contribution in [1.29, 1.82) is 0 Å². The summed E-state index contributed by atoms with van der Waals surface area (Å²) in [7, 11) is 0. The van der Waals surface area contributed by atoms with E-state index in [1.807, 2.05) is 4.90 Å². The molecule has 0 unspecified atom stereocenters. The maximum atomic E-state index is 11.8. The van der Waals surface area contributed by atoms with Crippen LogP contribution in [0.1, 0.15) is 12.6 Å². The van der Waals surface area contributed by atoms with Crippen LogP contribution in [0.4, 0.5) is 5.82 Å². The van der Waals surface area contributed by atoms with Crippen molar-refractivity contribution in [2.24, 2.45) is 0 Å². The number of nitrogens with one attached hydrogen (secondary N) is 1. The molecule has 1 aliphatic heterocycles. The van der Waals surface area contributed by atoms with Crippen LogP contribution in [0.15, 0.2) is 17.1 Å². The van der Waals surface area contributed by atoms with E-state index in [2.05, 4.69) is 9.97 Å². The van der Waals surface area contributed by atoms with Crippen LogP contribution in [-0.2, 0) is 14.3 Å². The number of ether oxygens (including phenoxy) is 2. The van der Waals surface area contributed by atoms with Gasteiger partial charge in [0.15, 0.2) is 5.82 Å². The number of H-pyrrole nitrogens is 1. The molecule has 1 fully saturated rings. The van der Waals surface area contributed by atoms with Gasteiger partial charge in [-0.1, -0.05) is 0 Å². The molecule has 7 nitrogen and oxygen atoms in total. The van der Waals surface area contributed by atoms with Gasteiger partial charge in [-0.15, -0.1) is 0 Å². The fourth-order valence-corrected chi connectivity index (χ4v) is 1.83. The highest BCUT2D eigenvalue weighted by Gasteiger charge is 2.15. The molecule has 108 valence electrons. The van der Waals surface area contributed by atoms with E-state index < -0.39 is 5.97 Å². The van der Waals surface area contributed by atoms with Crippen LogP contribution in [0.2, 0.25) is 0 Å². The number of carbonyl (C=O) groups excluding carboxylic acids is 1. The fraction of sp³-hybridized carbons (Fsp3) is 0.462. The van der Waals surface area contributed by atoms with E-state index in [1.165, 1.54) is 18.3 Å². The molecular weight excluding hydrogens is 262 g/mol. The Labute approximate surface area is 116 Å². The Morgan fingerprint density at radius 2 is 2.30 bits per heavy atom. The molecule has 0 saturated carbocycles. The summed E-state index contributed by atoms with van der Waals surface area (Å²) >= 11 is 0. The molecule has 7 heteroatoms. The second-order valence-corrected chi connectivity index (χ2v) is 4.16. The van der Waals surface area contributed by atoms with E-state index >= 15 is 0 Å². The molecule has 2 heterocycles. The maximum absolute atomic E-state index is 11.8. The van der Waals surface area contributed by atoms with Crippen LogP contribution in [0.5, 0.6) is 0 Å². The molecule has 0 aliphatic carbocycles. The van der Waals surface area contributed by atoms with E-state index in [9.17, 15) is 9.59 Å². The van der Waals surface area contributed by atoms with Gasteiger partial charge in [-0.25, -0.2) is 9.78 Å². The molecule has 1 aliphatic rings. The third-order valence-electron chi connectivity index (χ3n) is 2.78. The molecule has 20 heavy (non-hydrogen) atoms. The number of hydrogen-bond acceptors (Lipinski definition) is 6. The molecule has 1 aromatic heterocycles. The summed E-state index contributed by atoms with van der Waals surface area (Å²) in [5.74, 6) is -0.0901. The van der Waals surface area contributed by atoms with Gasteiger partial charge in [0.25, 0.3) is 5.56 Å². The fourth-order valence-electron chi connectivity index (χ4n) is 1.83. The summed E-state index contributed by atoms with van der Waals surface area (Å²) in [6, 6.07) is 0. The molecule has 1 saturated heterocycles. The second-order valence-electron chi connectivity index (χ2n) is 4.16. The lowest BCUT2D eigenvalue weighted by Crippen LogP contribution is -2.40. The molecule has 2 rings (SSSR count). The van der Waals surface area contributed by atoms with Crippen molar-refractivity contribution < 1.29 is 14.3 Å². The molecule has 0 radical (unpaired) electrons. The summed E-state index contributed by atoms with van der Waals surface area (Å²) in [5, 5.41) is 0. The largest absolute Gasteiger partial charge is 0.463 e. The third kappa shape index (κ3) is 3.67. The third-order valence-corrected chi connectivity index (χ3v) is 2.78. The van der Waals surface area contributed by atoms with Gasteiger partial charge >= 0.3 is 5.97 Å². The molecule has 1 N–H and O–H groups in total. The lowest BCUT2D eigenvalue weighted by atomic mass is 10.3. The van der Waals surface area contributed by atoms with Gasteiger partial charge in [0.05, 0.1) is 25.5 Å². The number of nitrogens with zero attached hydrogens (tertiary/aromatic N) is 2. The van der Waals surface area contributed by atoms with Crippen molar-refractivity contribution in [3.8, 4) is 0 Å². The van der Waals surface area contributed by atoms with E-state index in [0.717, 1.165) is 0 Å². The Balaban J connectivity index is 2.15. The van der Waals surface area contributed by atoms with Crippen molar-refractivity contribution in [2.75, 3.05) is 37.8 Å². The summed E-state index contributed by atoms with van der Waals surface area (Å²) in [4.78, 5) is 31.8.